The molecule has 0 fully saturated rings. The van der Waals surface area contributed by atoms with Crippen molar-refractivity contribution in [3.63, 3.8) is 0 Å². The summed E-state index contributed by atoms with van der Waals surface area (Å²) in [6.45, 7) is -0.0427. The number of nitrogens with two attached hydrogens (primary N) is 1. The molecule has 0 aliphatic carbocycles. The van der Waals surface area contributed by atoms with Crippen LogP contribution in [-0.4, -0.2) is 7.05 Å². The summed E-state index contributed by atoms with van der Waals surface area (Å²) in [4.78, 5) is 1.60. The van der Waals surface area contributed by atoms with Gasteiger partial charge in [0.25, 0.3) is 0 Å². The van der Waals surface area contributed by atoms with Gasteiger partial charge in [-0.15, -0.1) is 0 Å². The lowest BCUT2D eigenvalue weighted by Crippen LogP contribution is -2.15. The fourth-order valence-electron chi connectivity index (χ4n) is 2.08. The van der Waals surface area contributed by atoms with Gasteiger partial charge in [-0.25, -0.2) is 4.39 Å². The first-order valence-corrected chi connectivity index (χ1v) is 6.22. The van der Waals surface area contributed by atoms with Crippen molar-refractivity contribution in [2.45, 2.75) is 12.7 Å². The highest BCUT2D eigenvalue weighted by molar-refractivity contribution is 5.66. The van der Waals surface area contributed by atoms with Crippen LogP contribution in [0.3, 0.4) is 0 Å². The Bertz CT molecular complexity index is 638. The predicted molar refractivity (Wildman–Crippen MR) is 73.8 cm³/mol. The normalized spacial score (nSPS) is 11.5. The smallest absolute Gasteiger partial charge is 0.344 e. The molecular formula is C15H14F4N2. The van der Waals surface area contributed by atoms with Gasteiger partial charge in [-0.05, 0) is 42.0 Å². The van der Waals surface area contributed by atoms with Crippen molar-refractivity contribution in [3.05, 3.63) is 59.4 Å². The van der Waals surface area contributed by atoms with E-state index >= 15 is 0 Å². The molecule has 0 radical (unpaired) electrons. The molecule has 2 aromatic carbocycles. The van der Waals surface area contributed by atoms with E-state index < -0.39 is 17.6 Å². The van der Waals surface area contributed by atoms with E-state index in [1.165, 1.54) is 24.3 Å². The van der Waals surface area contributed by atoms with Crippen molar-refractivity contribution < 1.29 is 17.6 Å². The molecule has 21 heavy (non-hydrogen) atoms. The summed E-state index contributed by atoms with van der Waals surface area (Å²) in [7, 11) is 1.65. The van der Waals surface area contributed by atoms with Crippen LogP contribution in [0.5, 0.6) is 0 Å². The topological polar surface area (TPSA) is 29.3 Å². The van der Waals surface area contributed by atoms with Crippen LogP contribution in [-0.2, 0) is 12.7 Å². The summed E-state index contributed by atoms with van der Waals surface area (Å²) >= 11 is 0. The van der Waals surface area contributed by atoms with Crippen molar-refractivity contribution in [3.8, 4) is 0 Å². The summed E-state index contributed by atoms with van der Waals surface area (Å²) in [6.07, 6.45) is -4.42. The molecule has 0 unspecified atom stereocenters. The fraction of sp³-hybridized carbons (Fsp3) is 0.200. The van der Waals surface area contributed by atoms with Crippen LogP contribution in [0.4, 0.5) is 28.9 Å². The maximum atomic E-state index is 13.2. The van der Waals surface area contributed by atoms with Gasteiger partial charge >= 0.3 is 6.18 Å². The van der Waals surface area contributed by atoms with Crippen LogP contribution < -0.4 is 10.6 Å². The van der Waals surface area contributed by atoms with Crippen molar-refractivity contribution in [2.24, 2.45) is 5.73 Å². The van der Waals surface area contributed by atoms with Crippen molar-refractivity contribution in [1.82, 2.24) is 0 Å². The highest BCUT2D eigenvalue weighted by atomic mass is 19.4. The Morgan fingerprint density at radius 3 is 2.38 bits per heavy atom. The molecular weight excluding hydrogens is 284 g/mol. The molecule has 2 aromatic rings. The number of alkyl halides is 3. The third-order valence-electron chi connectivity index (χ3n) is 3.18. The van der Waals surface area contributed by atoms with Gasteiger partial charge in [0.1, 0.15) is 5.82 Å². The maximum absolute atomic E-state index is 13.2. The van der Waals surface area contributed by atoms with E-state index in [1.54, 1.807) is 18.0 Å². The van der Waals surface area contributed by atoms with Crippen LogP contribution in [0.2, 0.25) is 0 Å². The number of nitrogens with zero attached hydrogens (tertiary/aromatic N) is 1. The minimum atomic E-state index is -4.42. The van der Waals surface area contributed by atoms with E-state index in [1.807, 2.05) is 0 Å². The standard InChI is InChI=1S/C15H14F4N2/c1-21(13-4-2-3-12(16)8-13)14-6-5-11(15(17,18)19)7-10(14)9-20/h2-8H,9,20H2,1H3. The van der Waals surface area contributed by atoms with Crippen molar-refractivity contribution in [1.29, 1.82) is 0 Å². The average molecular weight is 298 g/mol. The molecule has 0 atom stereocenters. The number of hydrogen-bond donors (Lipinski definition) is 1. The minimum Gasteiger partial charge on any atom is -0.344 e. The van der Waals surface area contributed by atoms with E-state index in [4.69, 9.17) is 5.73 Å². The van der Waals surface area contributed by atoms with Crippen LogP contribution in [0.1, 0.15) is 11.1 Å². The predicted octanol–water partition coefficient (Wildman–Crippen LogP) is 4.07. The fourth-order valence-corrected chi connectivity index (χ4v) is 2.08. The molecule has 0 aliphatic rings. The Morgan fingerprint density at radius 2 is 1.81 bits per heavy atom. The SMILES string of the molecule is CN(c1cccc(F)c1)c1ccc(C(F)(F)F)cc1CN. The largest absolute Gasteiger partial charge is 0.416 e. The molecule has 0 bridgehead atoms. The zero-order chi connectivity index (χ0) is 15.6. The van der Waals surface area contributed by atoms with Gasteiger partial charge < -0.3 is 10.6 Å². The molecule has 0 saturated carbocycles. The second-order valence-electron chi connectivity index (χ2n) is 4.58. The van der Waals surface area contributed by atoms with E-state index in [-0.39, 0.29) is 6.54 Å². The Kier molecular flexibility index (Phi) is 4.18. The van der Waals surface area contributed by atoms with E-state index in [9.17, 15) is 17.6 Å². The molecule has 0 aromatic heterocycles. The first-order valence-electron chi connectivity index (χ1n) is 6.22. The zero-order valence-corrected chi connectivity index (χ0v) is 11.3. The quantitative estimate of drug-likeness (QED) is 0.865. The van der Waals surface area contributed by atoms with Gasteiger partial charge in [0, 0.05) is 25.0 Å². The van der Waals surface area contributed by atoms with Crippen molar-refractivity contribution in [2.75, 3.05) is 11.9 Å². The van der Waals surface area contributed by atoms with E-state index in [2.05, 4.69) is 0 Å². The first-order chi connectivity index (χ1) is 9.82. The van der Waals surface area contributed by atoms with Gasteiger partial charge in [0.2, 0.25) is 0 Å². The summed E-state index contributed by atoms with van der Waals surface area (Å²) in [5, 5.41) is 0. The van der Waals surface area contributed by atoms with Gasteiger partial charge in [-0.3, -0.25) is 0 Å². The minimum absolute atomic E-state index is 0.0427. The summed E-state index contributed by atoms with van der Waals surface area (Å²) in [6, 6.07) is 9.16. The molecule has 112 valence electrons. The lowest BCUT2D eigenvalue weighted by molar-refractivity contribution is -0.137. The van der Waals surface area contributed by atoms with Crippen LogP contribution >= 0.6 is 0 Å². The van der Waals surface area contributed by atoms with Gasteiger partial charge in [-0.1, -0.05) is 6.07 Å². The average Bonchev–Trinajstić information content (AvgIpc) is 2.45. The first kappa shape index (κ1) is 15.3. The summed E-state index contributed by atoms with van der Waals surface area (Å²) in [5.74, 6) is -0.416. The molecule has 0 heterocycles. The van der Waals surface area contributed by atoms with E-state index in [0.29, 0.717) is 16.9 Å². The monoisotopic (exact) mass is 298 g/mol. The van der Waals surface area contributed by atoms with E-state index in [0.717, 1.165) is 12.1 Å². The van der Waals surface area contributed by atoms with Gasteiger partial charge in [-0.2, -0.15) is 13.2 Å². The van der Waals surface area contributed by atoms with Gasteiger partial charge in [0.05, 0.1) is 5.56 Å². The molecule has 2 nitrogen and oxygen atoms in total. The Hall–Kier alpha value is -2.08. The van der Waals surface area contributed by atoms with Crippen LogP contribution in [0.15, 0.2) is 42.5 Å². The molecule has 6 heteroatoms. The van der Waals surface area contributed by atoms with Gasteiger partial charge in [0.15, 0.2) is 0 Å². The van der Waals surface area contributed by atoms with Crippen molar-refractivity contribution >= 4 is 11.4 Å². The summed E-state index contributed by atoms with van der Waals surface area (Å²) in [5.41, 5.74) is 6.18. The highest BCUT2D eigenvalue weighted by Crippen LogP contribution is 2.34. The Labute approximate surface area is 119 Å². The Balaban J connectivity index is 2.44. The lowest BCUT2D eigenvalue weighted by atomic mass is 10.1. The molecule has 0 saturated heterocycles. The second-order valence-corrected chi connectivity index (χ2v) is 4.58. The number of hydrogen-bond acceptors (Lipinski definition) is 2. The molecule has 0 aliphatic heterocycles. The molecule has 0 spiro atoms. The number of anilines is 2. The molecule has 2 rings (SSSR count). The third kappa shape index (κ3) is 3.33. The molecule has 0 amide bonds. The number of rotatable bonds is 3. The second kappa shape index (κ2) is 5.73. The number of halogens is 4. The number of benzene rings is 2. The Morgan fingerprint density at radius 1 is 1.10 bits per heavy atom. The van der Waals surface area contributed by atoms with Crippen LogP contribution in [0.25, 0.3) is 0 Å². The zero-order valence-electron chi connectivity index (χ0n) is 11.3. The highest BCUT2D eigenvalue weighted by Gasteiger charge is 2.31. The third-order valence-corrected chi connectivity index (χ3v) is 3.18. The molecule has 2 N–H and O–H groups in total. The summed E-state index contributed by atoms with van der Waals surface area (Å²) < 4.78 is 51.4. The van der Waals surface area contributed by atoms with Crippen LogP contribution in [0, 0.1) is 5.82 Å². The lowest BCUT2D eigenvalue weighted by Gasteiger charge is -2.23. The maximum Gasteiger partial charge on any atom is 0.416 e.